The molecule has 3 saturated carbocycles. The standard InChI is InChI=1S/C19H26N4/c1-23-18(15-6-9-17-14(11-15)3-2-10-20-17)21-22-19(23)12-13-4-7-16(19)8-5-13/h6,9,11,13,16,20,22H,2-5,7-8,10,12H2,1H3. The van der Waals surface area contributed by atoms with E-state index in [1.807, 2.05) is 0 Å². The molecule has 3 aliphatic carbocycles. The van der Waals surface area contributed by atoms with Gasteiger partial charge >= 0.3 is 0 Å². The molecule has 0 radical (unpaired) electrons. The molecule has 0 aromatic heterocycles. The van der Waals surface area contributed by atoms with Crippen LogP contribution >= 0.6 is 0 Å². The number of hydrazone groups is 1. The molecule has 2 heterocycles. The summed E-state index contributed by atoms with van der Waals surface area (Å²) < 4.78 is 0. The van der Waals surface area contributed by atoms with Crippen LogP contribution in [0.5, 0.6) is 0 Å². The third-order valence-electron chi connectivity index (χ3n) is 6.70. The average molecular weight is 310 g/mol. The smallest absolute Gasteiger partial charge is 0.157 e. The molecule has 2 bridgehead atoms. The Bertz CT molecular complexity index is 659. The first-order valence-electron chi connectivity index (χ1n) is 9.22. The SMILES string of the molecule is CN1C(c2ccc3c(c2)CCCN3)=NNC12CC1CCC2CC1. The molecular formula is C19H26N4. The Morgan fingerprint density at radius 3 is 2.87 bits per heavy atom. The minimum atomic E-state index is 0.0879. The van der Waals surface area contributed by atoms with Crippen molar-refractivity contribution in [1.82, 2.24) is 10.3 Å². The summed E-state index contributed by atoms with van der Waals surface area (Å²) in [6.45, 7) is 1.10. The Kier molecular flexibility index (Phi) is 2.91. The van der Waals surface area contributed by atoms with Crippen molar-refractivity contribution in [2.24, 2.45) is 16.9 Å². The molecule has 0 saturated heterocycles. The highest BCUT2D eigenvalue weighted by atomic mass is 15.5. The van der Waals surface area contributed by atoms with Gasteiger partial charge in [0.1, 0.15) is 5.66 Å². The monoisotopic (exact) mass is 310 g/mol. The Hall–Kier alpha value is -1.71. The summed E-state index contributed by atoms with van der Waals surface area (Å²) in [6.07, 6.45) is 9.22. The zero-order valence-electron chi connectivity index (χ0n) is 13.9. The number of hydrogen-bond acceptors (Lipinski definition) is 4. The van der Waals surface area contributed by atoms with Crippen LogP contribution in [0.3, 0.4) is 0 Å². The maximum atomic E-state index is 4.80. The molecule has 4 nitrogen and oxygen atoms in total. The van der Waals surface area contributed by atoms with Gasteiger partial charge in [-0.15, -0.1) is 0 Å². The Morgan fingerprint density at radius 1 is 1.22 bits per heavy atom. The molecular weight excluding hydrogens is 284 g/mol. The number of nitrogens with zero attached hydrogens (tertiary/aromatic N) is 2. The number of rotatable bonds is 1. The van der Waals surface area contributed by atoms with Crippen molar-refractivity contribution in [3.63, 3.8) is 0 Å². The van der Waals surface area contributed by atoms with Crippen molar-refractivity contribution in [2.45, 2.75) is 50.6 Å². The van der Waals surface area contributed by atoms with Gasteiger partial charge in [0.25, 0.3) is 0 Å². The van der Waals surface area contributed by atoms with Crippen LogP contribution in [0.25, 0.3) is 0 Å². The van der Waals surface area contributed by atoms with Gasteiger partial charge < -0.3 is 10.2 Å². The lowest BCUT2D eigenvalue weighted by Crippen LogP contribution is -2.62. The number of aryl methyl sites for hydroxylation is 1. The van der Waals surface area contributed by atoms with Crippen LogP contribution in [-0.4, -0.2) is 30.0 Å². The molecule has 1 unspecified atom stereocenters. The van der Waals surface area contributed by atoms with Gasteiger partial charge in [0, 0.05) is 30.8 Å². The molecule has 0 amide bonds. The largest absolute Gasteiger partial charge is 0.385 e. The molecule has 3 fully saturated rings. The van der Waals surface area contributed by atoms with E-state index >= 15 is 0 Å². The fraction of sp³-hybridized carbons (Fsp3) is 0.632. The third-order valence-corrected chi connectivity index (χ3v) is 6.70. The fourth-order valence-corrected chi connectivity index (χ4v) is 5.36. The highest BCUT2D eigenvalue weighted by Gasteiger charge is 2.53. The zero-order valence-corrected chi connectivity index (χ0v) is 13.9. The molecule has 5 aliphatic rings. The molecule has 2 aliphatic heterocycles. The van der Waals surface area contributed by atoms with Crippen molar-refractivity contribution in [3.8, 4) is 0 Å². The van der Waals surface area contributed by atoms with E-state index in [2.05, 4.69) is 40.9 Å². The lowest BCUT2D eigenvalue weighted by molar-refractivity contribution is -0.0197. The van der Waals surface area contributed by atoms with E-state index in [1.165, 1.54) is 61.8 Å². The van der Waals surface area contributed by atoms with Crippen molar-refractivity contribution < 1.29 is 0 Å². The van der Waals surface area contributed by atoms with Crippen molar-refractivity contribution in [1.29, 1.82) is 0 Å². The molecule has 122 valence electrons. The number of fused-ring (bicyclic) bond motifs is 3. The summed E-state index contributed by atoms with van der Waals surface area (Å²) in [7, 11) is 2.25. The van der Waals surface area contributed by atoms with E-state index in [9.17, 15) is 0 Å². The average Bonchev–Trinajstić information content (AvgIpc) is 2.92. The number of hydrogen-bond donors (Lipinski definition) is 2. The van der Waals surface area contributed by atoms with Gasteiger partial charge in [-0.3, -0.25) is 5.43 Å². The topological polar surface area (TPSA) is 39.7 Å². The second kappa shape index (κ2) is 4.89. The maximum Gasteiger partial charge on any atom is 0.157 e. The quantitative estimate of drug-likeness (QED) is 0.837. The highest BCUT2D eigenvalue weighted by Crippen LogP contribution is 2.50. The van der Waals surface area contributed by atoms with Gasteiger partial charge in [-0.1, -0.05) is 0 Å². The van der Waals surface area contributed by atoms with Gasteiger partial charge in [0.2, 0.25) is 0 Å². The lowest BCUT2D eigenvalue weighted by atomic mass is 9.64. The number of anilines is 1. The van der Waals surface area contributed by atoms with Crippen molar-refractivity contribution in [3.05, 3.63) is 29.3 Å². The second-order valence-electron chi connectivity index (χ2n) is 7.85. The van der Waals surface area contributed by atoms with E-state index in [1.54, 1.807) is 0 Å². The minimum absolute atomic E-state index is 0.0879. The summed E-state index contributed by atoms with van der Waals surface area (Å²) in [4.78, 5) is 2.46. The van der Waals surface area contributed by atoms with Crippen LogP contribution in [-0.2, 0) is 6.42 Å². The number of nitrogens with one attached hydrogen (secondary N) is 2. The summed E-state index contributed by atoms with van der Waals surface area (Å²) in [5.41, 5.74) is 7.68. The normalized spacial score (nSPS) is 34.8. The molecule has 4 heteroatoms. The first-order chi connectivity index (χ1) is 11.3. The molecule has 1 spiro atoms. The second-order valence-corrected chi connectivity index (χ2v) is 7.85. The van der Waals surface area contributed by atoms with Crippen molar-refractivity contribution in [2.75, 3.05) is 18.9 Å². The third kappa shape index (κ3) is 1.93. The molecule has 23 heavy (non-hydrogen) atoms. The predicted octanol–water partition coefficient (Wildman–Crippen LogP) is 3.15. The van der Waals surface area contributed by atoms with Crippen LogP contribution < -0.4 is 10.7 Å². The van der Waals surface area contributed by atoms with E-state index in [-0.39, 0.29) is 5.66 Å². The molecule has 1 atom stereocenters. The predicted molar refractivity (Wildman–Crippen MR) is 93.5 cm³/mol. The van der Waals surface area contributed by atoms with Crippen LogP contribution in [0.4, 0.5) is 5.69 Å². The lowest BCUT2D eigenvalue weighted by Gasteiger charge is -2.53. The minimum Gasteiger partial charge on any atom is -0.385 e. The Balaban J connectivity index is 1.46. The Labute approximate surface area is 138 Å². The van der Waals surface area contributed by atoms with Gasteiger partial charge in [0.15, 0.2) is 5.84 Å². The first kappa shape index (κ1) is 13.7. The zero-order chi connectivity index (χ0) is 15.4. The van der Waals surface area contributed by atoms with Gasteiger partial charge in [-0.25, -0.2) is 0 Å². The fourth-order valence-electron chi connectivity index (χ4n) is 5.36. The van der Waals surface area contributed by atoms with E-state index in [4.69, 9.17) is 5.10 Å². The molecule has 2 N–H and O–H groups in total. The number of benzene rings is 1. The Morgan fingerprint density at radius 2 is 2.09 bits per heavy atom. The van der Waals surface area contributed by atoms with E-state index < -0.39 is 0 Å². The van der Waals surface area contributed by atoms with Gasteiger partial charge in [0.05, 0.1) is 0 Å². The number of amidine groups is 1. The van der Waals surface area contributed by atoms with Gasteiger partial charge in [-0.05, 0) is 74.6 Å². The molecule has 1 aromatic rings. The van der Waals surface area contributed by atoms with Crippen molar-refractivity contribution >= 4 is 11.5 Å². The van der Waals surface area contributed by atoms with Crippen LogP contribution in [0, 0.1) is 11.8 Å². The summed E-state index contributed by atoms with van der Waals surface area (Å²) in [5, 5.41) is 8.31. The maximum absolute atomic E-state index is 4.80. The first-order valence-corrected chi connectivity index (χ1v) is 9.22. The van der Waals surface area contributed by atoms with E-state index in [0.717, 1.165) is 24.2 Å². The molecule has 6 rings (SSSR count). The van der Waals surface area contributed by atoms with Crippen LogP contribution in [0.15, 0.2) is 23.3 Å². The van der Waals surface area contributed by atoms with E-state index in [0.29, 0.717) is 0 Å². The van der Waals surface area contributed by atoms with Gasteiger partial charge in [-0.2, -0.15) is 5.10 Å². The summed E-state index contributed by atoms with van der Waals surface area (Å²) in [6, 6.07) is 6.81. The summed E-state index contributed by atoms with van der Waals surface area (Å²) in [5.74, 6) is 2.77. The molecule has 1 aromatic carbocycles. The summed E-state index contributed by atoms with van der Waals surface area (Å²) >= 11 is 0. The highest BCUT2D eigenvalue weighted by molar-refractivity contribution is 6.00. The van der Waals surface area contributed by atoms with Crippen LogP contribution in [0.2, 0.25) is 0 Å². The van der Waals surface area contributed by atoms with Crippen LogP contribution in [0.1, 0.15) is 49.7 Å².